The standard InChI is InChI=1S/C18H27NO/c1-18(2)11-10-17(15-6-4-5-7-16(15)18)19-13-8-9-14(12-13)20-3/h4-7,13-14,17,19H,8-12H2,1-3H3. The first-order chi connectivity index (χ1) is 9.60. The van der Waals surface area contributed by atoms with Crippen molar-refractivity contribution in [3.63, 3.8) is 0 Å². The highest BCUT2D eigenvalue weighted by Gasteiger charge is 2.34. The molecule has 0 heterocycles. The number of hydrogen-bond acceptors (Lipinski definition) is 2. The van der Waals surface area contributed by atoms with E-state index in [1.54, 1.807) is 0 Å². The Bertz CT molecular complexity index is 468. The topological polar surface area (TPSA) is 21.3 Å². The molecule has 2 nitrogen and oxygen atoms in total. The summed E-state index contributed by atoms with van der Waals surface area (Å²) in [5, 5.41) is 3.90. The second-order valence-electron chi connectivity index (χ2n) is 7.10. The van der Waals surface area contributed by atoms with Gasteiger partial charge in [-0.2, -0.15) is 0 Å². The van der Waals surface area contributed by atoms with Crippen LogP contribution in [0.3, 0.4) is 0 Å². The molecule has 2 aliphatic rings. The van der Waals surface area contributed by atoms with Crippen LogP contribution in [0.5, 0.6) is 0 Å². The van der Waals surface area contributed by atoms with Gasteiger partial charge in [-0.3, -0.25) is 0 Å². The van der Waals surface area contributed by atoms with Gasteiger partial charge in [-0.25, -0.2) is 0 Å². The molecule has 110 valence electrons. The van der Waals surface area contributed by atoms with E-state index in [1.165, 1.54) is 43.2 Å². The molecule has 0 saturated heterocycles. The molecule has 0 radical (unpaired) electrons. The molecule has 20 heavy (non-hydrogen) atoms. The van der Waals surface area contributed by atoms with Gasteiger partial charge >= 0.3 is 0 Å². The summed E-state index contributed by atoms with van der Waals surface area (Å²) >= 11 is 0. The molecule has 1 aromatic carbocycles. The van der Waals surface area contributed by atoms with E-state index < -0.39 is 0 Å². The largest absolute Gasteiger partial charge is 0.381 e. The maximum Gasteiger partial charge on any atom is 0.0586 e. The predicted molar refractivity (Wildman–Crippen MR) is 83.0 cm³/mol. The van der Waals surface area contributed by atoms with Crippen LogP contribution in [0.25, 0.3) is 0 Å². The van der Waals surface area contributed by atoms with Crippen LogP contribution in [0.4, 0.5) is 0 Å². The Balaban J connectivity index is 1.76. The molecular weight excluding hydrogens is 246 g/mol. The van der Waals surface area contributed by atoms with Gasteiger partial charge in [0.15, 0.2) is 0 Å². The van der Waals surface area contributed by atoms with Gasteiger partial charge in [-0.05, 0) is 48.6 Å². The first-order valence-electron chi connectivity index (χ1n) is 7.98. The van der Waals surface area contributed by atoms with E-state index in [-0.39, 0.29) is 0 Å². The molecule has 3 atom stereocenters. The zero-order chi connectivity index (χ0) is 14.2. The highest BCUT2D eigenvalue weighted by Crippen LogP contribution is 2.42. The molecule has 2 aliphatic carbocycles. The molecule has 0 amide bonds. The Morgan fingerprint density at radius 2 is 1.95 bits per heavy atom. The molecule has 2 heteroatoms. The third-order valence-corrected chi connectivity index (χ3v) is 5.28. The molecule has 1 fully saturated rings. The molecule has 3 rings (SSSR count). The summed E-state index contributed by atoms with van der Waals surface area (Å²) in [6.07, 6.45) is 6.59. The summed E-state index contributed by atoms with van der Waals surface area (Å²) in [5.41, 5.74) is 3.37. The van der Waals surface area contributed by atoms with Crippen molar-refractivity contribution in [1.29, 1.82) is 0 Å². The SMILES string of the molecule is COC1CCC(NC2CCC(C)(C)c3ccccc32)C1. The van der Waals surface area contributed by atoms with E-state index in [2.05, 4.69) is 43.4 Å². The van der Waals surface area contributed by atoms with Crippen LogP contribution in [0.1, 0.15) is 63.1 Å². The molecule has 1 N–H and O–H groups in total. The molecule has 0 aliphatic heterocycles. The second-order valence-corrected chi connectivity index (χ2v) is 7.10. The molecule has 0 spiro atoms. The zero-order valence-electron chi connectivity index (χ0n) is 13.0. The van der Waals surface area contributed by atoms with Gasteiger partial charge in [-0.1, -0.05) is 38.1 Å². The van der Waals surface area contributed by atoms with Gasteiger partial charge in [0.05, 0.1) is 6.10 Å². The summed E-state index contributed by atoms with van der Waals surface area (Å²) in [6, 6.07) is 10.1. The lowest BCUT2D eigenvalue weighted by Crippen LogP contribution is -2.37. The van der Waals surface area contributed by atoms with Crippen LogP contribution in [-0.2, 0) is 10.2 Å². The van der Waals surface area contributed by atoms with E-state index in [4.69, 9.17) is 4.74 Å². The normalized spacial score (nSPS) is 32.0. The van der Waals surface area contributed by atoms with Crippen molar-refractivity contribution in [3.05, 3.63) is 35.4 Å². The molecule has 0 aromatic heterocycles. The van der Waals surface area contributed by atoms with Crippen molar-refractivity contribution in [1.82, 2.24) is 5.32 Å². The fraction of sp³-hybridized carbons (Fsp3) is 0.667. The lowest BCUT2D eigenvalue weighted by Gasteiger charge is -2.38. The number of ether oxygens (including phenoxy) is 1. The van der Waals surface area contributed by atoms with Crippen LogP contribution in [0, 0.1) is 0 Å². The third kappa shape index (κ3) is 2.64. The van der Waals surface area contributed by atoms with Crippen LogP contribution >= 0.6 is 0 Å². The Hall–Kier alpha value is -0.860. The fourth-order valence-corrected chi connectivity index (χ4v) is 3.98. The van der Waals surface area contributed by atoms with Gasteiger partial charge in [0.25, 0.3) is 0 Å². The van der Waals surface area contributed by atoms with Crippen molar-refractivity contribution in [2.45, 2.75) is 69.6 Å². The van der Waals surface area contributed by atoms with E-state index in [0.29, 0.717) is 23.6 Å². The minimum Gasteiger partial charge on any atom is -0.381 e. The van der Waals surface area contributed by atoms with Gasteiger partial charge in [-0.15, -0.1) is 0 Å². The fourth-order valence-electron chi connectivity index (χ4n) is 3.98. The Kier molecular flexibility index (Phi) is 3.87. The molecule has 0 bridgehead atoms. The Morgan fingerprint density at radius 1 is 1.15 bits per heavy atom. The van der Waals surface area contributed by atoms with E-state index in [9.17, 15) is 0 Å². The van der Waals surface area contributed by atoms with E-state index in [0.717, 1.165) is 0 Å². The van der Waals surface area contributed by atoms with Crippen LogP contribution in [-0.4, -0.2) is 19.3 Å². The van der Waals surface area contributed by atoms with Crippen molar-refractivity contribution in [2.24, 2.45) is 0 Å². The number of nitrogens with one attached hydrogen (secondary N) is 1. The Labute approximate surface area is 122 Å². The minimum absolute atomic E-state index is 0.319. The first kappa shape index (κ1) is 14.1. The minimum atomic E-state index is 0.319. The van der Waals surface area contributed by atoms with Crippen molar-refractivity contribution < 1.29 is 4.74 Å². The first-order valence-corrected chi connectivity index (χ1v) is 7.98. The monoisotopic (exact) mass is 273 g/mol. The Morgan fingerprint density at radius 3 is 2.70 bits per heavy atom. The molecule has 1 aromatic rings. The zero-order valence-corrected chi connectivity index (χ0v) is 13.0. The summed E-state index contributed by atoms with van der Waals surface area (Å²) in [5.74, 6) is 0. The number of fused-ring (bicyclic) bond motifs is 1. The lowest BCUT2D eigenvalue weighted by molar-refractivity contribution is 0.106. The highest BCUT2D eigenvalue weighted by atomic mass is 16.5. The summed E-state index contributed by atoms with van der Waals surface area (Å²) in [4.78, 5) is 0. The number of methoxy groups -OCH3 is 1. The maximum absolute atomic E-state index is 5.49. The van der Waals surface area contributed by atoms with E-state index >= 15 is 0 Å². The highest BCUT2D eigenvalue weighted by molar-refractivity contribution is 5.38. The quantitative estimate of drug-likeness (QED) is 0.900. The lowest BCUT2D eigenvalue weighted by atomic mass is 9.71. The maximum atomic E-state index is 5.49. The number of rotatable bonds is 3. The predicted octanol–water partition coefficient (Wildman–Crippen LogP) is 3.96. The van der Waals surface area contributed by atoms with Crippen molar-refractivity contribution in [2.75, 3.05) is 7.11 Å². The molecular formula is C18H27NO. The average Bonchev–Trinajstić information content (AvgIpc) is 2.90. The summed E-state index contributed by atoms with van der Waals surface area (Å²) in [7, 11) is 1.84. The van der Waals surface area contributed by atoms with Gasteiger partial charge in [0, 0.05) is 19.2 Å². The van der Waals surface area contributed by atoms with Gasteiger partial charge in [0.2, 0.25) is 0 Å². The van der Waals surface area contributed by atoms with Crippen molar-refractivity contribution >= 4 is 0 Å². The van der Waals surface area contributed by atoms with Gasteiger partial charge in [0.1, 0.15) is 0 Å². The number of benzene rings is 1. The summed E-state index contributed by atoms with van der Waals surface area (Å²) in [6.45, 7) is 4.75. The van der Waals surface area contributed by atoms with Crippen LogP contribution in [0.15, 0.2) is 24.3 Å². The third-order valence-electron chi connectivity index (χ3n) is 5.28. The number of hydrogen-bond donors (Lipinski definition) is 1. The van der Waals surface area contributed by atoms with Crippen LogP contribution in [0.2, 0.25) is 0 Å². The van der Waals surface area contributed by atoms with Gasteiger partial charge < -0.3 is 10.1 Å². The summed E-state index contributed by atoms with van der Waals surface area (Å²) < 4.78 is 5.49. The van der Waals surface area contributed by atoms with Crippen molar-refractivity contribution in [3.8, 4) is 0 Å². The smallest absolute Gasteiger partial charge is 0.0586 e. The molecule has 3 unspecified atom stereocenters. The average molecular weight is 273 g/mol. The van der Waals surface area contributed by atoms with Crippen LogP contribution < -0.4 is 5.32 Å². The second kappa shape index (κ2) is 5.50. The molecule has 1 saturated carbocycles. The van der Waals surface area contributed by atoms with E-state index in [1.807, 2.05) is 7.11 Å².